The number of nitrogen functional groups attached to an aromatic ring is 1. The molecule has 0 saturated heterocycles. The molecule has 4 heteroatoms. The van der Waals surface area contributed by atoms with Crippen molar-refractivity contribution in [2.24, 2.45) is 0 Å². The normalized spacial score (nSPS) is 16.4. The van der Waals surface area contributed by atoms with Gasteiger partial charge >= 0.3 is 0 Å². The third-order valence-electron chi connectivity index (χ3n) is 3.74. The quantitative estimate of drug-likeness (QED) is 0.820. The lowest BCUT2D eigenvalue weighted by Crippen LogP contribution is -2.33. The average molecular weight is 312 g/mol. The predicted molar refractivity (Wildman–Crippen MR) is 81.9 cm³/mol. The molecule has 0 amide bonds. The molecule has 1 aliphatic rings. The van der Waals surface area contributed by atoms with E-state index in [2.05, 4.69) is 33.2 Å². The van der Waals surface area contributed by atoms with Crippen molar-refractivity contribution in [3.8, 4) is 0 Å². The highest BCUT2D eigenvalue weighted by Crippen LogP contribution is 2.24. The van der Waals surface area contributed by atoms with Gasteiger partial charge in [-0.2, -0.15) is 0 Å². The van der Waals surface area contributed by atoms with Gasteiger partial charge in [-0.1, -0.05) is 28.8 Å². The van der Waals surface area contributed by atoms with Crippen molar-refractivity contribution in [1.82, 2.24) is 4.90 Å². The summed E-state index contributed by atoms with van der Waals surface area (Å²) in [4.78, 5) is 2.47. The van der Waals surface area contributed by atoms with Crippen molar-refractivity contribution in [2.45, 2.75) is 31.7 Å². The Hall–Kier alpha value is -0.740. The average Bonchev–Trinajstić information content (AvgIpc) is 2.87. The largest absolute Gasteiger partial charge is 0.397 e. The molecule has 3 nitrogen and oxygen atoms in total. The van der Waals surface area contributed by atoms with Gasteiger partial charge in [0.1, 0.15) is 0 Å². The van der Waals surface area contributed by atoms with Crippen LogP contribution in [0.5, 0.6) is 0 Å². The number of hydrogen-bond donors (Lipinski definition) is 2. The lowest BCUT2D eigenvalue weighted by Gasteiger charge is -2.24. The molecule has 0 aromatic heterocycles. The van der Waals surface area contributed by atoms with Gasteiger partial charge in [-0.05, 0) is 38.1 Å². The molecule has 0 aliphatic heterocycles. The Bertz CT molecular complexity index is 389. The first-order valence-corrected chi connectivity index (χ1v) is 7.45. The summed E-state index contributed by atoms with van der Waals surface area (Å²) in [7, 11) is 2.22. The second kappa shape index (κ2) is 6.43. The van der Waals surface area contributed by atoms with Gasteiger partial charge in [-0.3, -0.25) is 0 Å². The van der Waals surface area contributed by atoms with Crippen molar-refractivity contribution >= 4 is 27.3 Å². The molecule has 1 aromatic carbocycles. The van der Waals surface area contributed by atoms with E-state index < -0.39 is 0 Å². The highest BCUT2D eigenvalue weighted by Gasteiger charge is 2.18. The number of likely N-dealkylation sites (N-methyl/N-ethyl adjacent to an activating group) is 1. The molecule has 0 bridgehead atoms. The minimum absolute atomic E-state index is 0.784. The Morgan fingerprint density at radius 1 is 1.39 bits per heavy atom. The molecule has 0 heterocycles. The molecule has 100 valence electrons. The first-order valence-electron chi connectivity index (χ1n) is 6.66. The number of hydrogen-bond acceptors (Lipinski definition) is 3. The summed E-state index contributed by atoms with van der Waals surface area (Å²) in [5.41, 5.74) is 7.76. The molecule has 0 atom stereocenters. The summed E-state index contributed by atoms with van der Waals surface area (Å²) in [6.07, 6.45) is 5.49. The maximum Gasteiger partial charge on any atom is 0.0585 e. The number of benzene rings is 1. The van der Waals surface area contributed by atoms with Gasteiger partial charge in [0.2, 0.25) is 0 Å². The molecular weight excluding hydrogens is 290 g/mol. The summed E-state index contributed by atoms with van der Waals surface area (Å²) in [5, 5.41) is 3.41. The van der Waals surface area contributed by atoms with Crippen molar-refractivity contribution < 1.29 is 0 Å². The van der Waals surface area contributed by atoms with E-state index in [0.717, 1.165) is 35.0 Å². The van der Waals surface area contributed by atoms with Gasteiger partial charge in [-0.15, -0.1) is 0 Å². The van der Waals surface area contributed by atoms with Crippen LogP contribution in [0.1, 0.15) is 25.7 Å². The van der Waals surface area contributed by atoms with E-state index in [4.69, 9.17) is 5.73 Å². The van der Waals surface area contributed by atoms with Crippen LogP contribution in [0.15, 0.2) is 22.7 Å². The SMILES string of the molecule is CN(CCNc1cc(Br)ccc1N)C1CCCC1. The first kappa shape index (κ1) is 13.7. The monoisotopic (exact) mass is 311 g/mol. The van der Waals surface area contributed by atoms with Crippen LogP contribution in [0.25, 0.3) is 0 Å². The van der Waals surface area contributed by atoms with Crippen molar-refractivity contribution in [3.63, 3.8) is 0 Å². The molecule has 2 rings (SSSR count). The summed E-state index contributed by atoms with van der Waals surface area (Å²) >= 11 is 3.47. The van der Waals surface area contributed by atoms with Crippen LogP contribution in [0, 0.1) is 0 Å². The van der Waals surface area contributed by atoms with E-state index in [1.54, 1.807) is 0 Å². The Balaban J connectivity index is 1.79. The molecule has 1 saturated carbocycles. The third-order valence-corrected chi connectivity index (χ3v) is 4.24. The van der Waals surface area contributed by atoms with E-state index >= 15 is 0 Å². The second-order valence-corrected chi connectivity index (χ2v) is 5.99. The van der Waals surface area contributed by atoms with Crippen LogP contribution < -0.4 is 11.1 Å². The number of rotatable bonds is 5. The van der Waals surface area contributed by atoms with Gasteiger partial charge in [0.25, 0.3) is 0 Å². The molecule has 18 heavy (non-hydrogen) atoms. The third kappa shape index (κ3) is 3.62. The standard InChI is InChI=1S/C14H22BrN3/c1-18(12-4-2-3-5-12)9-8-17-14-10-11(15)6-7-13(14)16/h6-7,10,12,17H,2-5,8-9,16H2,1H3. The Morgan fingerprint density at radius 3 is 2.83 bits per heavy atom. The number of nitrogens with zero attached hydrogens (tertiary/aromatic N) is 1. The van der Waals surface area contributed by atoms with Crippen molar-refractivity contribution in [1.29, 1.82) is 0 Å². The summed E-state index contributed by atoms with van der Waals surface area (Å²) in [6.45, 7) is 2.00. The second-order valence-electron chi connectivity index (χ2n) is 5.08. The molecule has 1 fully saturated rings. The molecule has 0 radical (unpaired) electrons. The van der Waals surface area contributed by atoms with E-state index in [-0.39, 0.29) is 0 Å². The van der Waals surface area contributed by atoms with Gasteiger partial charge in [0, 0.05) is 23.6 Å². The van der Waals surface area contributed by atoms with E-state index in [0.29, 0.717) is 0 Å². The van der Waals surface area contributed by atoms with Crippen LogP contribution in [0.2, 0.25) is 0 Å². The molecular formula is C14H22BrN3. The smallest absolute Gasteiger partial charge is 0.0585 e. The van der Waals surface area contributed by atoms with Gasteiger partial charge in [-0.25, -0.2) is 0 Å². The minimum atomic E-state index is 0.784. The van der Waals surface area contributed by atoms with Gasteiger partial charge < -0.3 is 16.0 Å². The van der Waals surface area contributed by atoms with Gasteiger partial charge in [0.05, 0.1) is 11.4 Å². The summed E-state index contributed by atoms with van der Waals surface area (Å²) < 4.78 is 1.06. The Kier molecular flexibility index (Phi) is 4.89. The van der Waals surface area contributed by atoms with E-state index in [1.165, 1.54) is 25.7 Å². The minimum Gasteiger partial charge on any atom is -0.397 e. The maximum absolute atomic E-state index is 5.93. The molecule has 0 unspecified atom stereocenters. The highest BCUT2D eigenvalue weighted by molar-refractivity contribution is 9.10. The molecule has 3 N–H and O–H groups in total. The lowest BCUT2D eigenvalue weighted by molar-refractivity contribution is 0.254. The van der Waals surface area contributed by atoms with Crippen LogP contribution in [-0.2, 0) is 0 Å². The number of nitrogens with one attached hydrogen (secondary N) is 1. The summed E-state index contributed by atoms with van der Waals surface area (Å²) in [6, 6.07) is 6.70. The Morgan fingerprint density at radius 2 is 2.11 bits per heavy atom. The fourth-order valence-corrected chi connectivity index (χ4v) is 2.94. The fraction of sp³-hybridized carbons (Fsp3) is 0.571. The zero-order valence-electron chi connectivity index (χ0n) is 11.0. The summed E-state index contributed by atoms with van der Waals surface area (Å²) in [5.74, 6) is 0. The van der Waals surface area contributed by atoms with E-state index in [1.807, 2.05) is 18.2 Å². The number of halogens is 1. The zero-order valence-corrected chi connectivity index (χ0v) is 12.5. The molecule has 0 spiro atoms. The van der Waals surface area contributed by atoms with Crippen molar-refractivity contribution in [2.75, 3.05) is 31.2 Å². The van der Waals surface area contributed by atoms with Crippen LogP contribution in [0.3, 0.4) is 0 Å². The maximum atomic E-state index is 5.93. The van der Waals surface area contributed by atoms with Gasteiger partial charge in [0.15, 0.2) is 0 Å². The predicted octanol–water partition coefficient (Wildman–Crippen LogP) is 3.32. The van der Waals surface area contributed by atoms with Crippen LogP contribution >= 0.6 is 15.9 Å². The fourth-order valence-electron chi connectivity index (χ4n) is 2.58. The van der Waals surface area contributed by atoms with Crippen LogP contribution in [-0.4, -0.2) is 31.1 Å². The lowest BCUT2D eigenvalue weighted by atomic mass is 10.2. The molecule has 1 aromatic rings. The Labute approximate surface area is 118 Å². The first-order chi connectivity index (χ1) is 8.66. The van der Waals surface area contributed by atoms with E-state index in [9.17, 15) is 0 Å². The van der Waals surface area contributed by atoms with Crippen LogP contribution in [0.4, 0.5) is 11.4 Å². The zero-order chi connectivity index (χ0) is 13.0. The highest BCUT2D eigenvalue weighted by atomic mass is 79.9. The molecule has 1 aliphatic carbocycles. The topological polar surface area (TPSA) is 41.3 Å². The number of anilines is 2. The van der Waals surface area contributed by atoms with Crippen molar-refractivity contribution in [3.05, 3.63) is 22.7 Å². The number of nitrogens with two attached hydrogens (primary N) is 1.